The monoisotopic (exact) mass is 231 g/mol. The van der Waals surface area contributed by atoms with Crippen molar-refractivity contribution in [1.29, 1.82) is 5.26 Å². The van der Waals surface area contributed by atoms with Gasteiger partial charge in [-0.15, -0.1) is 0 Å². The van der Waals surface area contributed by atoms with Crippen LogP contribution < -0.4 is 4.74 Å². The van der Waals surface area contributed by atoms with E-state index >= 15 is 0 Å². The predicted octanol–water partition coefficient (Wildman–Crippen LogP) is 2.70. The van der Waals surface area contributed by atoms with Gasteiger partial charge in [-0.25, -0.2) is 9.97 Å². The van der Waals surface area contributed by atoms with Crippen LogP contribution in [0.15, 0.2) is 12.4 Å². The molecule has 0 N–H and O–H groups in total. The molecule has 0 aliphatic heterocycles. The molecule has 4 heteroatoms. The van der Waals surface area contributed by atoms with Crippen LogP contribution >= 0.6 is 0 Å². The third-order valence-corrected chi connectivity index (χ3v) is 3.32. The lowest BCUT2D eigenvalue weighted by atomic mass is 9.76. The highest BCUT2D eigenvalue weighted by Crippen LogP contribution is 2.36. The number of aromatic nitrogens is 2. The number of hydrogen-bond donors (Lipinski definition) is 0. The minimum absolute atomic E-state index is 0.241. The maximum Gasteiger partial charge on any atom is 0.232 e. The molecule has 0 bridgehead atoms. The van der Waals surface area contributed by atoms with Crippen molar-refractivity contribution >= 4 is 0 Å². The fourth-order valence-electron chi connectivity index (χ4n) is 2.10. The van der Waals surface area contributed by atoms with E-state index in [1.807, 2.05) is 6.07 Å². The summed E-state index contributed by atoms with van der Waals surface area (Å²) >= 11 is 0. The average Bonchev–Trinajstić information content (AvgIpc) is 2.33. The maximum absolute atomic E-state index is 8.61. The summed E-state index contributed by atoms with van der Waals surface area (Å²) in [4.78, 5) is 8.02. The first-order valence-corrected chi connectivity index (χ1v) is 5.98. The third kappa shape index (κ3) is 3.16. The fourth-order valence-corrected chi connectivity index (χ4v) is 2.10. The Balaban J connectivity index is 1.91. The minimum Gasteiger partial charge on any atom is -0.473 e. The summed E-state index contributed by atoms with van der Waals surface area (Å²) in [6.45, 7) is 4.59. The molecule has 1 fully saturated rings. The molecule has 1 aliphatic rings. The smallest absolute Gasteiger partial charge is 0.232 e. The Bertz CT molecular complexity index is 409. The summed E-state index contributed by atoms with van der Waals surface area (Å²) in [6.07, 6.45) is 7.71. The van der Waals surface area contributed by atoms with E-state index in [0.717, 1.165) is 12.8 Å². The molecule has 90 valence electrons. The largest absolute Gasteiger partial charge is 0.473 e. The predicted molar refractivity (Wildman–Crippen MR) is 63.4 cm³/mol. The Morgan fingerprint density at radius 2 is 2.00 bits per heavy atom. The number of rotatable bonds is 2. The van der Waals surface area contributed by atoms with Gasteiger partial charge in [-0.2, -0.15) is 5.26 Å². The lowest BCUT2D eigenvalue weighted by Crippen LogP contribution is -2.28. The molecule has 0 unspecified atom stereocenters. The molecule has 0 spiro atoms. The normalized spacial score (nSPS) is 19.6. The second-order valence-corrected chi connectivity index (χ2v) is 5.33. The van der Waals surface area contributed by atoms with Crippen LogP contribution in [0.4, 0.5) is 0 Å². The summed E-state index contributed by atoms with van der Waals surface area (Å²) < 4.78 is 5.77. The maximum atomic E-state index is 8.61. The molecular weight excluding hydrogens is 214 g/mol. The van der Waals surface area contributed by atoms with Gasteiger partial charge in [0.2, 0.25) is 5.88 Å². The van der Waals surface area contributed by atoms with Gasteiger partial charge in [0.25, 0.3) is 0 Å². The van der Waals surface area contributed by atoms with Crippen molar-refractivity contribution in [1.82, 2.24) is 9.97 Å². The third-order valence-electron chi connectivity index (χ3n) is 3.32. The number of ether oxygens (including phenoxy) is 1. The molecular formula is C13H17N3O. The van der Waals surface area contributed by atoms with Gasteiger partial charge in [0.05, 0.1) is 12.4 Å². The Labute approximate surface area is 102 Å². The van der Waals surface area contributed by atoms with E-state index in [1.54, 1.807) is 0 Å². The average molecular weight is 231 g/mol. The van der Waals surface area contributed by atoms with Crippen molar-refractivity contribution in [3.63, 3.8) is 0 Å². The van der Waals surface area contributed by atoms with Crippen LogP contribution in [0.3, 0.4) is 0 Å². The SMILES string of the molecule is CC1(C)CCC(Oc2cnc(C#N)cn2)CC1. The van der Waals surface area contributed by atoms with Crippen molar-refractivity contribution in [2.75, 3.05) is 0 Å². The van der Waals surface area contributed by atoms with Gasteiger partial charge >= 0.3 is 0 Å². The zero-order valence-electron chi connectivity index (χ0n) is 10.3. The molecule has 1 aliphatic carbocycles. The molecule has 1 aromatic rings. The van der Waals surface area contributed by atoms with Gasteiger partial charge in [0, 0.05) is 0 Å². The van der Waals surface area contributed by atoms with Crippen molar-refractivity contribution in [2.24, 2.45) is 5.41 Å². The van der Waals surface area contributed by atoms with E-state index in [0.29, 0.717) is 17.0 Å². The van der Waals surface area contributed by atoms with E-state index in [-0.39, 0.29) is 6.10 Å². The summed E-state index contributed by atoms with van der Waals surface area (Å²) in [6, 6.07) is 1.94. The van der Waals surface area contributed by atoms with Gasteiger partial charge in [-0.1, -0.05) is 13.8 Å². The molecule has 0 amide bonds. The summed E-state index contributed by atoms with van der Waals surface area (Å²) in [5.74, 6) is 0.522. The molecule has 1 aromatic heterocycles. The van der Waals surface area contributed by atoms with E-state index in [2.05, 4.69) is 23.8 Å². The molecule has 0 aromatic carbocycles. The van der Waals surface area contributed by atoms with Crippen molar-refractivity contribution in [3.05, 3.63) is 18.1 Å². The van der Waals surface area contributed by atoms with Gasteiger partial charge in [0.15, 0.2) is 5.69 Å². The second kappa shape index (κ2) is 4.70. The van der Waals surface area contributed by atoms with Crippen molar-refractivity contribution in [3.8, 4) is 11.9 Å². The topological polar surface area (TPSA) is 58.8 Å². The highest BCUT2D eigenvalue weighted by Gasteiger charge is 2.27. The Kier molecular flexibility index (Phi) is 3.28. The molecule has 1 heterocycles. The summed E-state index contributed by atoms with van der Waals surface area (Å²) in [5, 5.41) is 8.61. The zero-order chi connectivity index (χ0) is 12.3. The zero-order valence-corrected chi connectivity index (χ0v) is 10.3. The molecule has 17 heavy (non-hydrogen) atoms. The van der Waals surface area contributed by atoms with Crippen LogP contribution in [-0.2, 0) is 0 Å². The quantitative estimate of drug-likeness (QED) is 0.785. The number of nitriles is 1. The van der Waals surface area contributed by atoms with Gasteiger partial charge < -0.3 is 4.74 Å². The van der Waals surface area contributed by atoms with E-state index in [1.165, 1.54) is 25.2 Å². The standard InChI is InChI=1S/C13H17N3O/c1-13(2)5-3-11(4-6-13)17-12-9-15-10(7-14)8-16-12/h8-9,11H,3-6H2,1-2H3. The summed E-state index contributed by atoms with van der Waals surface area (Å²) in [5.41, 5.74) is 0.762. The second-order valence-electron chi connectivity index (χ2n) is 5.33. The molecule has 4 nitrogen and oxygen atoms in total. The van der Waals surface area contributed by atoms with Crippen LogP contribution in [0.1, 0.15) is 45.2 Å². The summed E-state index contributed by atoms with van der Waals surface area (Å²) in [7, 11) is 0. The van der Waals surface area contributed by atoms with Gasteiger partial charge in [0.1, 0.15) is 12.2 Å². The van der Waals surface area contributed by atoms with E-state index in [9.17, 15) is 0 Å². The van der Waals surface area contributed by atoms with Gasteiger partial charge in [-0.05, 0) is 31.1 Å². The van der Waals surface area contributed by atoms with E-state index < -0.39 is 0 Å². The molecule has 0 saturated heterocycles. The Morgan fingerprint density at radius 1 is 1.29 bits per heavy atom. The lowest BCUT2D eigenvalue weighted by molar-refractivity contribution is 0.0945. The highest BCUT2D eigenvalue weighted by atomic mass is 16.5. The first-order chi connectivity index (χ1) is 8.09. The lowest BCUT2D eigenvalue weighted by Gasteiger charge is -2.33. The molecule has 1 saturated carbocycles. The number of hydrogen-bond acceptors (Lipinski definition) is 4. The van der Waals surface area contributed by atoms with Crippen LogP contribution in [0.25, 0.3) is 0 Å². The van der Waals surface area contributed by atoms with Gasteiger partial charge in [-0.3, -0.25) is 0 Å². The highest BCUT2D eigenvalue weighted by molar-refractivity contribution is 5.18. The number of nitrogens with zero attached hydrogens (tertiary/aromatic N) is 3. The van der Waals surface area contributed by atoms with Crippen LogP contribution in [0.5, 0.6) is 5.88 Å². The Morgan fingerprint density at radius 3 is 2.53 bits per heavy atom. The first kappa shape index (κ1) is 11.8. The molecule has 2 rings (SSSR count). The van der Waals surface area contributed by atoms with E-state index in [4.69, 9.17) is 10.00 Å². The fraction of sp³-hybridized carbons (Fsp3) is 0.615. The Hall–Kier alpha value is -1.63. The van der Waals surface area contributed by atoms with Crippen molar-refractivity contribution < 1.29 is 4.74 Å². The van der Waals surface area contributed by atoms with Crippen LogP contribution in [0, 0.1) is 16.7 Å². The molecule has 0 radical (unpaired) electrons. The molecule has 0 atom stereocenters. The van der Waals surface area contributed by atoms with Crippen LogP contribution in [-0.4, -0.2) is 16.1 Å². The van der Waals surface area contributed by atoms with Crippen LogP contribution in [0.2, 0.25) is 0 Å². The van der Waals surface area contributed by atoms with Crippen molar-refractivity contribution in [2.45, 2.75) is 45.6 Å². The minimum atomic E-state index is 0.241. The first-order valence-electron chi connectivity index (χ1n) is 5.98.